The summed E-state index contributed by atoms with van der Waals surface area (Å²) in [4.78, 5) is 16.8. The smallest absolute Gasteiger partial charge is 0.244 e. The third-order valence-corrected chi connectivity index (χ3v) is 3.96. The van der Waals surface area contributed by atoms with Gasteiger partial charge in [-0.05, 0) is 45.6 Å². The van der Waals surface area contributed by atoms with Crippen LogP contribution in [0.15, 0.2) is 30.3 Å². The van der Waals surface area contributed by atoms with Crippen LogP contribution in [0.1, 0.15) is 18.0 Å². The summed E-state index contributed by atoms with van der Waals surface area (Å²) in [6, 6.07) is 9.86. The molecule has 0 bridgehead atoms. The summed E-state index contributed by atoms with van der Waals surface area (Å²) in [6.45, 7) is 2.74. The van der Waals surface area contributed by atoms with Gasteiger partial charge in [-0.2, -0.15) is 0 Å². The fraction of sp³-hybridized carbons (Fsp3) is 0.562. The number of carbonyl (C=O) groups is 1. The summed E-state index contributed by atoms with van der Waals surface area (Å²) >= 11 is 0. The van der Waals surface area contributed by atoms with E-state index in [9.17, 15) is 4.79 Å². The molecule has 0 saturated carbocycles. The van der Waals surface area contributed by atoms with E-state index in [1.807, 2.05) is 61.3 Å². The van der Waals surface area contributed by atoms with Gasteiger partial charge in [0.15, 0.2) is 0 Å². The molecule has 1 fully saturated rings. The molecule has 1 saturated heterocycles. The van der Waals surface area contributed by atoms with Crippen molar-refractivity contribution in [2.24, 2.45) is 5.92 Å². The van der Waals surface area contributed by atoms with Crippen molar-refractivity contribution in [3.63, 3.8) is 0 Å². The maximum absolute atomic E-state index is 12.8. The van der Waals surface area contributed by atoms with Crippen LogP contribution in [0.25, 0.3) is 0 Å². The highest BCUT2D eigenvalue weighted by atomic mass is 16.2. The minimum absolute atomic E-state index is 0.176. The molecule has 1 heterocycles. The number of benzene rings is 1. The Labute approximate surface area is 121 Å². The summed E-state index contributed by atoms with van der Waals surface area (Å²) in [7, 11) is 5.91. The van der Waals surface area contributed by atoms with Crippen molar-refractivity contribution in [1.29, 1.82) is 0 Å². The van der Waals surface area contributed by atoms with Crippen molar-refractivity contribution in [2.45, 2.75) is 12.5 Å². The minimum Gasteiger partial charge on any atom is -0.341 e. The average molecular weight is 275 g/mol. The topological polar surface area (TPSA) is 35.6 Å². The lowest BCUT2D eigenvalue weighted by Gasteiger charge is -2.28. The number of nitrogens with zero attached hydrogens (tertiary/aromatic N) is 2. The summed E-state index contributed by atoms with van der Waals surface area (Å²) in [5.74, 6) is 0.808. The zero-order valence-corrected chi connectivity index (χ0v) is 12.7. The number of rotatable bonds is 5. The Balaban J connectivity index is 2.09. The van der Waals surface area contributed by atoms with E-state index >= 15 is 0 Å². The van der Waals surface area contributed by atoms with Crippen LogP contribution < -0.4 is 5.32 Å². The molecule has 0 radical (unpaired) electrons. The zero-order chi connectivity index (χ0) is 14.5. The highest BCUT2D eigenvalue weighted by molar-refractivity contribution is 5.83. The van der Waals surface area contributed by atoms with Crippen molar-refractivity contribution >= 4 is 5.91 Å². The second-order valence-electron chi connectivity index (χ2n) is 5.77. The van der Waals surface area contributed by atoms with Crippen LogP contribution in [-0.2, 0) is 4.79 Å². The molecule has 2 atom stereocenters. The molecule has 2 rings (SSSR count). The van der Waals surface area contributed by atoms with Gasteiger partial charge in [0.25, 0.3) is 0 Å². The fourth-order valence-corrected chi connectivity index (χ4v) is 2.96. The van der Waals surface area contributed by atoms with Gasteiger partial charge < -0.3 is 10.2 Å². The Bertz CT molecular complexity index is 433. The number of likely N-dealkylation sites (N-methyl/N-ethyl adjacent to an activating group) is 1. The molecule has 1 aromatic carbocycles. The molecule has 4 nitrogen and oxygen atoms in total. The molecule has 110 valence electrons. The lowest BCUT2D eigenvalue weighted by atomic mass is 10.0. The minimum atomic E-state index is -0.176. The summed E-state index contributed by atoms with van der Waals surface area (Å²) in [6.07, 6.45) is 1.10. The van der Waals surface area contributed by atoms with E-state index in [1.54, 1.807) is 0 Å². The fourth-order valence-electron chi connectivity index (χ4n) is 2.96. The molecule has 1 aliphatic heterocycles. The van der Waals surface area contributed by atoms with Crippen LogP contribution in [0, 0.1) is 5.92 Å². The maximum atomic E-state index is 12.8. The van der Waals surface area contributed by atoms with Gasteiger partial charge in [-0.3, -0.25) is 9.69 Å². The Morgan fingerprint density at radius 3 is 2.70 bits per heavy atom. The maximum Gasteiger partial charge on any atom is 0.244 e. The highest BCUT2D eigenvalue weighted by Gasteiger charge is 2.32. The molecular formula is C16H25N3O. The monoisotopic (exact) mass is 275 g/mol. The second-order valence-corrected chi connectivity index (χ2v) is 5.77. The predicted octanol–water partition coefficient (Wildman–Crippen LogP) is 1.36. The van der Waals surface area contributed by atoms with Gasteiger partial charge in [-0.1, -0.05) is 30.3 Å². The Hall–Kier alpha value is -1.39. The van der Waals surface area contributed by atoms with Crippen LogP contribution in [0.4, 0.5) is 0 Å². The first-order valence-electron chi connectivity index (χ1n) is 7.28. The standard InChI is InChI=1S/C16H25N3O/c1-17-11-13-9-10-19(12-13)16(20)15(18(2)3)14-7-5-4-6-8-14/h4-8,13,15,17H,9-12H2,1-3H3. The van der Waals surface area contributed by atoms with E-state index in [-0.39, 0.29) is 11.9 Å². The molecule has 0 aromatic heterocycles. The van der Waals surface area contributed by atoms with E-state index in [0.717, 1.165) is 31.6 Å². The number of amides is 1. The second kappa shape index (κ2) is 6.86. The molecule has 1 amide bonds. The van der Waals surface area contributed by atoms with Gasteiger partial charge in [0.1, 0.15) is 6.04 Å². The molecular weight excluding hydrogens is 250 g/mol. The lowest BCUT2D eigenvalue weighted by molar-refractivity contribution is -0.135. The van der Waals surface area contributed by atoms with E-state index < -0.39 is 0 Å². The summed E-state index contributed by atoms with van der Waals surface area (Å²) < 4.78 is 0. The van der Waals surface area contributed by atoms with E-state index in [0.29, 0.717) is 5.92 Å². The third-order valence-electron chi connectivity index (χ3n) is 3.96. The quantitative estimate of drug-likeness (QED) is 0.881. The first-order valence-corrected chi connectivity index (χ1v) is 7.28. The van der Waals surface area contributed by atoms with Gasteiger partial charge in [0.2, 0.25) is 5.91 Å². The van der Waals surface area contributed by atoms with Crippen LogP contribution in [0.2, 0.25) is 0 Å². The Kier molecular flexibility index (Phi) is 5.15. The van der Waals surface area contributed by atoms with E-state index in [1.165, 1.54) is 0 Å². The number of carbonyl (C=O) groups excluding carboxylic acids is 1. The molecule has 1 aromatic rings. The van der Waals surface area contributed by atoms with Crippen LogP contribution in [0.5, 0.6) is 0 Å². The number of hydrogen-bond acceptors (Lipinski definition) is 3. The molecule has 1 aliphatic rings. The molecule has 0 spiro atoms. The van der Waals surface area contributed by atoms with Gasteiger partial charge >= 0.3 is 0 Å². The Morgan fingerprint density at radius 2 is 2.10 bits per heavy atom. The summed E-state index contributed by atoms with van der Waals surface area (Å²) in [5, 5.41) is 3.20. The lowest BCUT2D eigenvalue weighted by Crippen LogP contribution is -2.39. The van der Waals surface area contributed by atoms with Crippen molar-refractivity contribution in [3.8, 4) is 0 Å². The normalized spacial score (nSPS) is 20.4. The third kappa shape index (κ3) is 3.38. The molecule has 20 heavy (non-hydrogen) atoms. The Morgan fingerprint density at radius 1 is 1.40 bits per heavy atom. The SMILES string of the molecule is CNCC1CCN(C(=O)C(c2ccccc2)N(C)C)C1. The largest absolute Gasteiger partial charge is 0.341 e. The zero-order valence-electron chi connectivity index (χ0n) is 12.7. The van der Waals surface area contributed by atoms with Gasteiger partial charge in [0.05, 0.1) is 0 Å². The van der Waals surface area contributed by atoms with Gasteiger partial charge in [-0.15, -0.1) is 0 Å². The summed E-state index contributed by atoms with van der Waals surface area (Å²) in [5.41, 5.74) is 1.07. The van der Waals surface area contributed by atoms with Crippen LogP contribution in [0.3, 0.4) is 0 Å². The van der Waals surface area contributed by atoms with Crippen LogP contribution >= 0.6 is 0 Å². The molecule has 2 unspecified atom stereocenters. The van der Waals surface area contributed by atoms with Crippen molar-refractivity contribution < 1.29 is 4.79 Å². The van der Waals surface area contributed by atoms with E-state index in [2.05, 4.69) is 5.32 Å². The molecule has 1 N–H and O–H groups in total. The molecule has 4 heteroatoms. The first kappa shape index (κ1) is 15.0. The van der Waals surface area contributed by atoms with Crippen molar-refractivity contribution in [1.82, 2.24) is 15.1 Å². The first-order chi connectivity index (χ1) is 9.63. The average Bonchev–Trinajstić information content (AvgIpc) is 2.89. The number of likely N-dealkylation sites (tertiary alicyclic amines) is 1. The number of nitrogens with one attached hydrogen (secondary N) is 1. The number of hydrogen-bond donors (Lipinski definition) is 1. The highest BCUT2D eigenvalue weighted by Crippen LogP contribution is 2.24. The van der Waals surface area contributed by atoms with Gasteiger partial charge in [0, 0.05) is 13.1 Å². The van der Waals surface area contributed by atoms with Gasteiger partial charge in [-0.25, -0.2) is 0 Å². The van der Waals surface area contributed by atoms with E-state index in [4.69, 9.17) is 0 Å². The van der Waals surface area contributed by atoms with Crippen molar-refractivity contribution in [3.05, 3.63) is 35.9 Å². The molecule has 0 aliphatic carbocycles. The van der Waals surface area contributed by atoms with Crippen LogP contribution in [-0.4, -0.2) is 56.5 Å². The predicted molar refractivity (Wildman–Crippen MR) is 81.5 cm³/mol. The van der Waals surface area contributed by atoms with Crippen molar-refractivity contribution in [2.75, 3.05) is 40.8 Å².